The Kier molecular flexibility index (Phi) is 3.18. The minimum atomic E-state index is 0.267. The smallest absolute Gasteiger partial charge is 0.222 e. The molecular formula is C12H14N2O3. The van der Waals surface area contributed by atoms with Crippen molar-refractivity contribution >= 4 is 5.88 Å². The molecule has 5 heteroatoms. The number of nitrogen functional groups attached to an aromatic ring is 1. The molecule has 2 rings (SSSR count). The van der Waals surface area contributed by atoms with Crippen molar-refractivity contribution in [2.45, 2.75) is 6.92 Å². The molecule has 0 amide bonds. The number of benzene rings is 1. The predicted octanol–water partition coefficient (Wildman–Crippen LogP) is 2.33. The molecule has 0 aliphatic carbocycles. The van der Waals surface area contributed by atoms with Gasteiger partial charge in [-0.1, -0.05) is 11.2 Å². The van der Waals surface area contributed by atoms with E-state index in [0.717, 1.165) is 5.56 Å². The van der Waals surface area contributed by atoms with Crippen molar-refractivity contribution in [3.63, 3.8) is 0 Å². The molecule has 0 spiro atoms. The summed E-state index contributed by atoms with van der Waals surface area (Å²) in [6.45, 7) is 2.49. The summed E-state index contributed by atoms with van der Waals surface area (Å²) < 4.78 is 15.7. The van der Waals surface area contributed by atoms with Crippen molar-refractivity contribution in [1.82, 2.24) is 5.16 Å². The van der Waals surface area contributed by atoms with Crippen molar-refractivity contribution in [2.24, 2.45) is 0 Å². The second-order valence-corrected chi connectivity index (χ2v) is 3.38. The van der Waals surface area contributed by atoms with Crippen LogP contribution in [0.4, 0.5) is 5.88 Å². The average molecular weight is 234 g/mol. The van der Waals surface area contributed by atoms with Gasteiger partial charge in [-0.25, -0.2) is 0 Å². The van der Waals surface area contributed by atoms with E-state index in [-0.39, 0.29) is 5.88 Å². The Balaban J connectivity index is 2.49. The van der Waals surface area contributed by atoms with Gasteiger partial charge in [0.15, 0.2) is 11.5 Å². The highest BCUT2D eigenvalue weighted by atomic mass is 16.5. The lowest BCUT2D eigenvalue weighted by atomic mass is 10.1. The van der Waals surface area contributed by atoms with Crippen LogP contribution in [0.15, 0.2) is 28.8 Å². The summed E-state index contributed by atoms with van der Waals surface area (Å²) in [7, 11) is 1.59. The van der Waals surface area contributed by atoms with Crippen LogP contribution in [-0.4, -0.2) is 18.9 Å². The van der Waals surface area contributed by atoms with Crippen LogP contribution in [0.2, 0.25) is 0 Å². The van der Waals surface area contributed by atoms with Crippen LogP contribution >= 0.6 is 0 Å². The molecule has 0 aliphatic heterocycles. The van der Waals surface area contributed by atoms with E-state index in [1.54, 1.807) is 13.2 Å². The van der Waals surface area contributed by atoms with E-state index in [1.165, 1.54) is 0 Å². The van der Waals surface area contributed by atoms with Crippen LogP contribution < -0.4 is 15.2 Å². The lowest BCUT2D eigenvalue weighted by molar-refractivity contribution is 0.311. The monoisotopic (exact) mass is 234 g/mol. The molecule has 0 saturated carbocycles. The van der Waals surface area contributed by atoms with Crippen LogP contribution in [-0.2, 0) is 0 Å². The summed E-state index contributed by atoms with van der Waals surface area (Å²) in [6, 6.07) is 7.23. The number of hydrogen-bond acceptors (Lipinski definition) is 5. The summed E-state index contributed by atoms with van der Waals surface area (Å²) in [4.78, 5) is 0. The number of methoxy groups -OCH3 is 1. The van der Waals surface area contributed by atoms with E-state index in [0.29, 0.717) is 23.8 Å². The van der Waals surface area contributed by atoms with E-state index in [9.17, 15) is 0 Å². The number of ether oxygens (including phenoxy) is 2. The van der Waals surface area contributed by atoms with Crippen LogP contribution in [0, 0.1) is 0 Å². The number of nitrogens with zero attached hydrogens (tertiary/aromatic N) is 1. The third-order valence-corrected chi connectivity index (χ3v) is 2.29. The molecule has 0 unspecified atom stereocenters. The summed E-state index contributed by atoms with van der Waals surface area (Å²) >= 11 is 0. The highest BCUT2D eigenvalue weighted by molar-refractivity contribution is 5.72. The fourth-order valence-electron chi connectivity index (χ4n) is 1.61. The minimum Gasteiger partial charge on any atom is -0.492 e. The van der Waals surface area contributed by atoms with E-state index in [2.05, 4.69) is 5.16 Å². The largest absolute Gasteiger partial charge is 0.492 e. The molecule has 2 N–H and O–H groups in total. The molecule has 1 aromatic heterocycles. The number of rotatable bonds is 4. The molecule has 0 radical (unpaired) electrons. The Morgan fingerprint density at radius 2 is 2.24 bits per heavy atom. The Bertz CT molecular complexity index is 508. The molecule has 1 aromatic carbocycles. The summed E-state index contributed by atoms with van der Waals surface area (Å²) in [6.07, 6.45) is 0. The Morgan fingerprint density at radius 3 is 2.82 bits per heavy atom. The highest BCUT2D eigenvalue weighted by Gasteiger charge is 2.14. The first kappa shape index (κ1) is 11.3. The maximum absolute atomic E-state index is 5.50. The van der Waals surface area contributed by atoms with E-state index in [1.807, 2.05) is 25.1 Å². The maximum Gasteiger partial charge on any atom is 0.222 e. The average Bonchev–Trinajstić information content (AvgIpc) is 2.76. The van der Waals surface area contributed by atoms with Crippen molar-refractivity contribution in [2.75, 3.05) is 19.5 Å². The molecular weight excluding hydrogens is 220 g/mol. The third-order valence-electron chi connectivity index (χ3n) is 2.29. The van der Waals surface area contributed by atoms with Gasteiger partial charge in [0, 0.05) is 11.6 Å². The van der Waals surface area contributed by atoms with E-state index in [4.69, 9.17) is 19.7 Å². The molecule has 1 heterocycles. The second kappa shape index (κ2) is 4.78. The Labute approximate surface area is 99.1 Å². The van der Waals surface area contributed by atoms with Crippen LogP contribution in [0.5, 0.6) is 11.5 Å². The van der Waals surface area contributed by atoms with E-state index >= 15 is 0 Å². The van der Waals surface area contributed by atoms with Crippen LogP contribution in [0.1, 0.15) is 6.92 Å². The molecule has 2 aromatic rings. The van der Waals surface area contributed by atoms with Gasteiger partial charge in [-0.2, -0.15) is 0 Å². The summed E-state index contributed by atoms with van der Waals surface area (Å²) in [5.74, 6) is 1.57. The first-order valence-corrected chi connectivity index (χ1v) is 5.28. The molecule has 0 saturated heterocycles. The zero-order valence-electron chi connectivity index (χ0n) is 9.77. The topological polar surface area (TPSA) is 70.5 Å². The Hall–Kier alpha value is -2.17. The second-order valence-electron chi connectivity index (χ2n) is 3.38. The third kappa shape index (κ3) is 2.18. The number of para-hydroxylation sites is 1. The number of anilines is 1. The van der Waals surface area contributed by atoms with Crippen molar-refractivity contribution in [1.29, 1.82) is 0 Å². The van der Waals surface area contributed by atoms with Gasteiger partial charge < -0.3 is 19.7 Å². The van der Waals surface area contributed by atoms with Crippen molar-refractivity contribution in [3.8, 4) is 22.8 Å². The number of nitrogens with two attached hydrogens (primary N) is 1. The van der Waals surface area contributed by atoms with Crippen molar-refractivity contribution in [3.05, 3.63) is 24.3 Å². The van der Waals surface area contributed by atoms with Gasteiger partial charge >= 0.3 is 0 Å². The molecule has 17 heavy (non-hydrogen) atoms. The SMILES string of the molecule is CCOc1cccc(-c2cc(N)on2)c1OC. The van der Waals surface area contributed by atoms with E-state index < -0.39 is 0 Å². The Morgan fingerprint density at radius 1 is 1.41 bits per heavy atom. The predicted molar refractivity (Wildman–Crippen MR) is 64.1 cm³/mol. The highest BCUT2D eigenvalue weighted by Crippen LogP contribution is 2.37. The van der Waals surface area contributed by atoms with Gasteiger partial charge in [0.05, 0.1) is 13.7 Å². The zero-order chi connectivity index (χ0) is 12.3. The van der Waals surface area contributed by atoms with Gasteiger partial charge in [-0.05, 0) is 19.1 Å². The summed E-state index contributed by atoms with van der Waals surface area (Å²) in [5.41, 5.74) is 6.92. The maximum atomic E-state index is 5.50. The lowest BCUT2D eigenvalue weighted by Gasteiger charge is -2.11. The first-order valence-electron chi connectivity index (χ1n) is 5.28. The van der Waals surface area contributed by atoms with Gasteiger partial charge in [0.2, 0.25) is 5.88 Å². The number of hydrogen-bond donors (Lipinski definition) is 1. The van der Waals surface area contributed by atoms with Crippen LogP contribution in [0.3, 0.4) is 0 Å². The number of aromatic nitrogens is 1. The minimum absolute atomic E-state index is 0.267. The summed E-state index contributed by atoms with van der Waals surface area (Å²) in [5, 5.41) is 3.86. The van der Waals surface area contributed by atoms with Crippen molar-refractivity contribution < 1.29 is 14.0 Å². The normalized spacial score (nSPS) is 10.2. The standard InChI is InChI=1S/C12H14N2O3/c1-3-16-10-6-4-5-8(12(10)15-2)9-7-11(13)17-14-9/h4-7H,3,13H2,1-2H3. The van der Waals surface area contributed by atoms with Gasteiger partial charge in [-0.15, -0.1) is 0 Å². The van der Waals surface area contributed by atoms with Gasteiger partial charge in [0.1, 0.15) is 5.69 Å². The van der Waals surface area contributed by atoms with Gasteiger partial charge in [-0.3, -0.25) is 0 Å². The molecule has 5 nitrogen and oxygen atoms in total. The lowest BCUT2D eigenvalue weighted by Crippen LogP contribution is -1.96. The fraction of sp³-hybridized carbons (Fsp3) is 0.250. The van der Waals surface area contributed by atoms with Crippen LogP contribution in [0.25, 0.3) is 11.3 Å². The zero-order valence-corrected chi connectivity index (χ0v) is 9.77. The molecule has 0 aliphatic rings. The fourth-order valence-corrected chi connectivity index (χ4v) is 1.61. The quantitative estimate of drug-likeness (QED) is 0.879. The first-order chi connectivity index (χ1) is 8.26. The molecule has 0 atom stereocenters. The van der Waals surface area contributed by atoms with Gasteiger partial charge in [0.25, 0.3) is 0 Å². The molecule has 0 fully saturated rings. The molecule has 0 bridgehead atoms. The molecule has 90 valence electrons.